The molecule has 1 saturated heterocycles. The van der Waals surface area contributed by atoms with Crippen LogP contribution in [0.2, 0.25) is 0 Å². The number of rotatable bonds is 7. The molecule has 1 rings (SSSR count). The topological polar surface area (TPSA) is 35.6 Å². The number of nitrogens with zero attached hydrogens (tertiary/aromatic N) is 2. The van der Waals surface area contributed by atoms with Crippen molar-refractivity contribution in [1.82, 2.24) is 15.1 Å². The average molecular weight is 259 g/mol. The van der Waals surface area contributed by atoms with E-state index in [0.29, 0.717) is 12.3 Å². The van der Waals surface area contributed by atoms with E-state index in [-0.39, 0.29) is 0 Å². The highest BCUT2D eigenvalue weighted by Crippen LogP contribution is 2.01. The van der Waals surface area contributed by atoms with Crippen LogP contribution in [0.4, 0.5) is 0 Å². The molecule has 0 unspecified atom stereocenters. The van der Waals surface area contributed by atoms with Gasteiger partial charge in [0.15, 0.2) is 0 Å². The van der Waals surface area contributed by atoms with Crippen LogP contribution in [0.25, 0.3) is 0 Å². The van der Waals surface area contributed by atoms with Crippen molar-refractivity contribution in [3.8, 4) is 0 Å². The SMILES string of the molecule is CSCCCN(C)CCC(=O)N1CCNCC1. The average Bonchev–Trinajstić information content (AvgIpc) is 2.37. The molecule has 1 aliphatic rings. The van der Waals surface area contributed by atoms with Crippen LogP contribution in [0, 0.1) is 0 Å². The quantitative estimate of drug-likeness (QED) is 0.675. The van der Waals surface area contributed by atoms with Crippen molar-refractivity contribution in [1.29, 1.82) is 0 Å². The Morgan fingerprint density at radius 1 is 1.35 bits per heavy atom. The van der Waals surface area contributed by atoms with Crippen molar-refractivity contribution in [2.45, 2.75) is 12.8 Å². The molecule has 0 aromatic heterocycles. The van der Waals surface area contributed by atoms with Crippen LogP contribution in [-0.2, 0) is 4.79 Å². The molecule has 0 spiro atoms. The maximum atomic E-state index is 11.9. The van der Waals surface area contributed by atoms with E-state index in [2.05, 4.69) is 23.5 Å². The molecule has 0 atom stereocenters. The molecule has 0 aromatic rings. The Balaban J connectivity index is 2.09. The molecule has 100 valence electrons. The van der Waals surface area contributed by atoms with Crippen molar-refractivity contribution in [2.24, 2.45) is 0 Å². The Bertz CT molecular complexity index is 220. The fourth-order valence-electron chi connectivity index (χ4n) is 1.95. The lowest BCUT2D eigenvalue weighted by Crippen LogP contribution is -2.47. The molecular formula is C12H25N3OS. The highest BCUT2D eigenvalue weighted by molar-refractivity contribution is 7.98. The normalized spacial score (nSPS) is 16.5. The van der Waals surface area contributed by atoms with Crippen LogP contribution >= 0.6 is 11.8 Å². The maximum Gasteiger partial charge on any atom is 0.223 e. The van der Waals surface area contributed by atoms with Crippen molar-refractivity contribution in [3.63, 3.8) is 0 Å². The van der Waals surface area contributed by atoms with Crippen molar-refractivity contribution in [2.75, 3.05) is 58.3 Å². The summed E-state index contributed by atoms with van der Waals surface area (Å²) in [7, 11) is 2.10. The first-order chi connectivity index (χ1) is 8.24. The second kappa shape index (κ2) is 8.78. The van der Waals surface area contributed by atoms with Gasteiger partial charge in [-0.2, -0.15) is 11.8 Å². The number of nitrogens with one attached hydrogen (secondary N) is 1. The minimum Gasteiger partial charge on any atom is -0.340 e. The number of carbonyl (C=O) groups is 1. The molecular weight excluding hydrogens is 234 g/mol. The van der Waals surface area contributed by atoms with E-state index < -0.39 is 0 Å². The van der Waals surface area contributed by atoms with E-state index in [1.54, 1.807) is 0 Å². The molecule has 17 heavy (non-hydrogen) atoms. The predicted molar refractivity (Wildman–Crippen MR) is 74.6 cm³/mol. The molecule has 0 bridgehead atoms. The number of thioether (sulfide) groups is 1. The van der Waals surface area contributed by atoms with Gasteiger partial charge in [0.25, 0.3) is 0 Å². The van der Waals surface area contributed by atoms with E-state index in [4.69, 9.17) is 0 Å². The van der Waals surface area contributed by atoms with Crippen LogP contribution in [0.3, 0.4) is 0 Å². The van der Waals surface area contributed by atoms with Gasteiger partial charge in [0.1, 0.15) is 0 Å². The van der Waals surface area contributed by atoms with Gasteiger partial charge >= 0.3 is 0 Å². The minimum absolute atomic E-state index is 0.309. The van der Waals surface area contributed by atoms with Crippen LogP contribution < -0.4 is 5.32 Å². The summed E-state index contributed by atoms with van der Waals surface area (Å²) in [5.74, 6) is 1.51. The van der Waals surface area contributed by atoms with Crippen LogP contribution in [-0.4, -0.2) is 74.0 Å². The number of hydrogen-bond acceptors (Lipinski definition) is 4. The third-order valence-corrected chi connectivity index (χ3v) is 3.76. The Labute approximate surface area is 109 Å². The van der Waals surface area contributed by atoms with Crippen LogP contribution in [0.5, 0.6) is 0 Å². The molecule has 0 aliphatic carbocycles. The maximum absolute atomic E-state index is 11.9. The van der Waals surface area contributed by atoms with Gasteiger partial charge < -0.3 is 15.1 Å². The van der Waals surface area contributed by atoms with E-state index in [9.17, 15) is 4.79 Å². The standard InChI is InChI=1S/C12H25N3OS/c1-14(7-3-11-17-2)8-4-12(16)15-9-5-13-6-10-15/h13H,3-11H2,1-2H3. The lowest BCUT2D eigenvalue weighted by molar-refractivity contribution is -0.132. The lowest BCUT2D eigenvalue weighted by atomic mass is 10.3. The first-order valence-corrected chi connectivity index (χ1v) is 7.79. The molecule has 1 fully saturated rings. The second-order valence-electron chi connectivity index (χ2n) is 4.53. The smallest absolute Gasteiger partial charge is 0.223 e. The molecule has 1 amide bonds. The molecule has 1 N–H and O–H groups in total. The van der Waals surface area contributed by atoms with E-state index in [1.165, 1.54) is 12.2 Å². The van der Waals surface area contributed by atoms with E-state index in [1.807, 2.05) is 16.7 Å². The van der Waals surface area contributed by atoms with Gasteiger partial charge in [-0.15, -0.1) is 0 Å². The second-order valence-corrected chi connectivity index (χ2v) is 5.52. The predicted octanol–water partition coefficient (Wildman–Crippen LogP) is 0.493. The zero-order valence-corrected chi connectivity index (χ0v) is 11.9. The number of amides is 1. The van der Waals surface area contributed by atoms with Gasteiger partial charge in [-0.1, -0.05) is 0 Å². The molecule has 1 aliphatic heterocycles. The summed E-state index contributed by atoms with van der Waals surface area (Å²) in [6, 6.07) is 0. The fourth-order valence-corrected chi connectivity index (χ4v) is 2.37. The van der Waals surface area contributed by atoms with Gasteiger partial charge in [-0.25, -0.2) is 0 Å². The van der Waals surface area contributed by atoms with Gasteiger partial charge in [0.2, 0.25) is 5.91 Å². The first-order valence-electron chi connectivity index (χ1n) is 6.40. The fraction of sp³-hybridized carbons (Fsp3) is 0.917. The number of carbonyl (C=O) groups excluding carboxylic acids is 1. The third-order valence-electron chi connectivity index (χ3n) is 3.07. The summed E-state index contributed by atoms with van der Waals surface area (Å²) in [5, 5.41) is 3.26. The molecule has 5 heteroatoms. The highest BCUT2D eigenvalue weighted by Gasteiger charge is 2.15. The largest absolute Gasteiger partial charge is 0.340 e. The molecule has 1 heterocycles. The van der Waals surface area contributed by atoms with Gasteiger partial charge in [0.05, 0.1) is 0 Å². The Kier molecular flexibility index (Phi) is 7.64. The van der Waals surface area contributed by atoms with Gasteiger partial charge in [-0.3, -0.25) is 4.79 Å². The summed E-state index contributed by atoms with van der Waals surface area (Å²) in [4.78, 5) is 16.1. The summed E-state index contributed by atoms with van der Waals surface area (Å²) in [5.41, 5.74) is 0. The summed E-state index contributed by atoms with van der Waals surface area (Å²) >= 11 is 1.88. The van der Waals surface area contributed by atoms with E-state index in [0.717, 1.165) is 39.3 Å². The number of piperazine rings is 1. The third kappa shape index (κ3) is 6.29. The van der Waals surface area contributed by atoms with Crippen molar-refractivity contribution in [3.05, 3.63) is 0 Å². The zero-order chi connectivity index (χ0) is 12.5. The Morgan fingerprint density at radius 3 is 2.71 bits per heavy atom. The molecule has 0 saturated carbocycles. The minimum atomic E-state index is 0.309. The first kappa shape index (κ1) is 14.8. The molecule has 4 nitrogen and oxygen atoms in total. The van der Waals surface area contributed by atoms with Crippen molar-refractivity contribution >= 4 is 17.7 Å². The zero-order valence-electron chi connectivity index (χ0n) is 11.1. The Hall–Kier alpha value is -0.260. The summed E-state index contributed by atoms with van der Waals surface area (Å²) in [6.07, 6.45) is 4.00. The number of hydrogen-bond donors (Lipinski definition) is 1. The summed E-state index contributed by atoms with van der Waals surface area (Å²) in [6.45, 7) is 5.60. The lowest BCUT2D eigenvalue weighted by Gasteiger charge is -2.28. The van der Waals surface area contributed by atoms with Crippen molar-refractivity contribution < 1.29 is 4.79 Å². The monoisotopic (exact) mass is 259 g/mol. The summed E-state index contributed by atoms with van der Waals surface area (Å²) < 4.78 is 0. The van der Waals surface area contributed by atoms with E-state index >= 15 is 0 Å². The highest BCUT2D eigenvalue weighted by atomic mass is 32.2. The molecule has 0 aromatic carbocycles. The van der Waals surface area contributed by atoms with Crippen LogP contribution in [0.15, 0.2) is 0 Å². The molecule has 0 radical (unpaired) electrons. The van der Waals surface area contributed by atoms with Gasteiger partial charge in [-0.05, 0) is 32.0 Å². The van der Waals surface area contributed by atoms with Gasteiger partial charge in [0, 0.05) is 39.1 Å². The van der Waals surface area contributed by atoms with Crippen LogP contribution in [0.1, 0.15) is 12.8 Å². The Morgan fingerprint density at radius 2 is 2.06 bits per heavy atom.